The second-order valence-corrected chi connectivity index (χ2v) is 2.57. The van der Waals surface area contributed by atoms with Gasteiger partial charge in [0.05, 0.1) is 4.92 Å². The van der Waals surface area contributed by atoms with Crippen LogP contribution in [0, 0.1) is 10.1 Å². The van der Waals surface area contributed by atoms with Crippen LogP contribution in [0.1, 0.15) is 0 Å². The van der Waals surface area contributed by atoms with Crippen LogP contribution in [0.2, 0.25) is 0 Å². The van der Waals surface area contributed by atoms with Gasteiger partial charge in [0.1, 0.15) is 10.8 Å². The number of H-pyrrole nitrogens is 1. The summed E-state index contributed by atoms with van der Waals surface area (Å²) in [5.74, 6) is 0. The number of nitrogens with zero attached hydrogens (tertiary/aromatic N) is 4. The third-order valence-electron chi connectivity index (χ3n) is 1.72. The Morgan fingerprint density at radius 2 is 2.07 bits per heavy atom. The minimum Gasteiger partial charge on any atom is -0.258 e. The zero-order valence-corrected chi connectivity index (χ0v) is 6.99. The van der Waals surface area contributed by atoms with Gasteiger partial charge in [-0.2, -0.15) is 0 Å². The molecule has 0 atom stereocenters. The Kier molecular flexibility index (Phi) is 1.90. The summed E-state index contributed by atoms with van der Waals surface area (Å²) in [6.07, 6.45) is 1.47. The lowest BCUT2D eigenvalue weighted by molar-refractivity contribution is -0.660. The molecule has 0 unspecified atom stereocenters. The normalized spacial score (nSPS) is 10.0. The fourth-order valence-corrected chi connectivity index (χ4v) is 1.04. The first-order chi connectivity index (χ1) is 6.77. The van der Waals surface area contributed by atoms with Gasteiger partial charge in [0.25, 0.3) is 12.0 Å². The minimum atomic E-state index is -0.445. The van der Waals surface area contributed by atoms with Gasteiger partial charge in [0.2, 0.25) is 0 Å². The average molecular weight is 192 g/mol. The molecule has 1 N–H and O–H groups in total. The predicted molar refractivity (Wildman–Crippen MR) is 44.6 cm³/mol. The van der Waals surface area contributed by atoms with E-state index in [9.17, 15) is 10.1 Å². The third-order valence-corrected chi connectivity index (χ3v) is 1.72. The minimum absolute atomic E-state index is 0.0572. The van der Waals surface area contributed by atoms with E-state index in [1.165, 1.54) is 18.5 Å². The smallest absolute Gasteiger partial charge is 0.258 e. The number of hydrogen-bond donors (Lipinski definition) is 1. The number of hydrogen-bond acceptors (Lipinski definition) is 4. The molecule has 0 saturated heterocycles. The fraction of sp³-hybridized carbons (Fsp3) is 0. The van der Waals surface area contributed by atoms with E-state index in [4.69, 9.17) is 0 Å². The second-order valence-electron chi connectivity index (χ2n) is 2.57. The van der Waals surface area contributed by atoms with Crippen LogP contribution in [0.3, 0.4) is 0 Å². The number of nitro benzene ring substituents is 1. The largest absolute Gasteiger partial charge is 0.293 e. The molecule has 0 aliphatic heterocycles. The Bertz CT molecular complexity index is 436. The molecule has 2 rings (SSSR count). The molecule has 0 bridgehead atoms. The Morgan fingerprint density at radius 3 is 2.57 bits per heavy atom. The molecule has 7 nitrogen and oxygen atoms in total. The maximum Gasteiger partial charge on any atom is 0.293 e. The topological polar surface area (TPSA) is 88.6 Å². The molecular weight excluding hydrogens is 186 g/mol. The van der Waals surface area contributed by atoms with Crippen molar-refractivity contribution in [3.05, 3.63) is 40.7 Å². The Hall–Kier alpha value is -2.31. The summed E-state index contributed by atoms with van der Waals surface area (Å²) < 4.78 is 1.55. The van der Waals surface area contributed by atoms with Crippen LogP contribution in [-0.4, -0.2) is 20.4 Å². The molecule has 1 heterocycles. The standard InChI is InChI=1S/C7H5N5O2/c13-12(14)7-3-1-6(2-4-7)11-5-8-9-10-11/h1-5H/p+1. The highest BCUT2D eigenvalue weighted by Gasteiger charge is 2.07. The number of aromatic nitrogens is 4. The van der Waals surface area contributed by atoms with E-state index in [1.807, 2.05) is 0 Å². The first kappa shape index (κ1) is 8.30. The van der Waals surface area contributed by atoms with Crippen molar-refractivity contribution in [1.82, 2.24) is 15.5 Å². The van der Waals surface area contributed by atoms with Crippen LogP contribution >= 0.6 is 0 Å². The van der Waals surface area contributed by atoms with Crippen molar-refractivity contribution in [2.45, 2.75) is 0 Å². The molecule has 14 heavy (non-hydrogen) atoms. The highest BCUT2D eigenvalue weighted by Crippen LogP contribution is 2.10. The number of nitrogens with one attached hydrogen (secondary N) is 1. The summed E-state index contributed by atoms with van der Waals surface area (Å²) in [6, 6.07) is 6.06. The van der Waals surface area contributed by atoms with Gasteiger partial charge in [-0.1, -0.05) is 5.21 Å². The highest BCUT2D eigenvalue weighted by molar-refractivity contribution is 5.35. The van der Waals surface area contributed by atoms with Gasteiger partial charge < -0.3 is 0 Å². The van der Waals surface area contributed by atoms with E-state index < -0.39 is 4.92 Å². The number of aromatic amines is 1. The lowest BCUT2D eigenvalue weighted by Crippen LogP contribution is -2.31. The molecule has 7 heteroatoms. The first-order valence-electron chi connectivity index (χ1n) is 3.80. The maximum absolute atomic E-state index is 10.4. The first-order valence-corrected chi connectivity index (χ1v) is 3.80. The van der Waals surface area contributed by atoms with E-state index in [-0.39, 0.29) is 5.69 Å². The molecule has 0 radical (unpaired) electrons. The maximum atomic E-state index is 10.4. The van der Waals surface area contributed by atoms with Crippen LogP contribution in [0.15, 0.2) is 30.6 Å². The Labute approximate surface area is 78.1 Å². The number of tetrazole rings is 1. The molecule has 0 fully saturated rings. The molecule has 1 aromatic heterocycles. The molecule has 2 aromatic rings. The number of benzene rings is 1. The monoisotopic (exact) mass is 192 g/mol. The molecule has 1 aromatic carbocycles. The van der Waals surface area contributed by atoms with Crippen molar-refractivity contribution < 1.29 is 9.61 Å². The lowest BCUT2D eigenvalue weighted by atomic mass is 10.3. The zero-order chi connectivity index (χ0) is 9.97. The molecule has 70 valence electrons. The van der Waals surface area contributed by atoms with Crippen LogP contribution in [0.4, 0.5) is 5.69 Å². The lowest BCUT2D eigenvalue weighted by Gasteiger charge is -1.93. The van der Waals surface area contributed by atoms with Gasteiger partial charge in [0, 0.05) is 12.1 Å². The summed E-state index contributed by atoms with van der Waals surface area (Å²) >= 11 is 0. The second kappa shape index (κ2) is 3.21. The van der Waals surface area contributed by atoms with Crippen molar-refractivity contribution >= 4 is 5.69 Å². The zero-order valence-electron chi connectivity index (χ0n) is 6.99. The van der Waals surface area contributed by atoms with E-state index in [0.29, 0.717) is 0 Å². The van der Waals surface area contributed by atoms with Crippen molar-refractivity contribution in [3.8, 4) is 5.69 Å². The summed E-state index contributed by atoms with van der Waals surface area (Å²) in [5.41, 5.74) is 0.794. The molecule has 0 spiro atoms. The van der Waals surface area contributed by atoms with Crippen molar-refractivity contribution in [2.75, 3.05) is 0 Å². The predicted octanol–water partition coefficient (Wildman–Crippen LogP) is -0.0104. The van der Waals surface area contributed by atoms with E-state index in [2.05, 4.69) is 15.5 Å². The molecule has 0 saturated carbocycles. The fourth-order valence-electron chi connectivity index (χ4n) is 1.04. The van der Waals surface area contributed by atoms with Gasteiger partial charge in [-0.25, -0.2) is 0 Å². The number of non-ortho nitro benzene ring substituents is 1. The quantitative estimate of drug-likeness (QED) is 0.411. The summed E-state index contributed by atoms with van der Waals surface area (Å²) in [6.45, 7) is 0. The summed E-state index contributed by atoms with van der Waals surface area (Å²) in [4.78, 5) is 9.92. The van der Waals surface area contributed by atoms with Gasteiger partial charge in [-0.3, -0.25) is 10.1 Å². The van der Waals surface area contributed by atoms with Crippen LogP contribution in [-0.2, 0) is 0 Å². The van der Waals surface area contributed by atoms with Gasteiger partial charge in [-0.05, 0) is 12.1 Å². The number of rotatable bonds is 2. The van der Waals surface area contributed by atoms with Crippen molar-refractivity contribution in [3.63, 3.8) is 0 Å². The van der Waals surface area contributed by atoms with E-state index >= 15 is 0 Å². The summed E-state index contributed by atoms with van der Waals surface area (Å²) in [7, 11) is 0. The van der Waals surface area contributed by atoms with Crippen LogP contribution in [0.5, 0.6) is 0 Å². The SMILES string of the molecule is O=[N+]([O-])c1ccc(-[n+]2cnn[nH]2)cc1. The summed E-state index contributed by atoms with van der Waals surface area (Å²) in [5, 5.41) is 20.0. The van der Waals surface area contributed by atoms with E-state index in [0.717, 1.165) is 5.69 Å². The van der Waals surface area contributed by atoms with E-state index in [1.54, 1.807) is 16.8 Å². The van der Waals surface area contributed by atoms with Gasteiger partial charge >= 0.3 is 0 Å². The number of nitro groups is 1. The highest BCUT2D eigenvalue weighted by atomic mass is 16.6. The van der Waals surface area contributed by atoms with Gasteiger partial charge in [-0.15, -0.1) is 4.68 Å². The average Bonchev–Trinajstić information content (AvgIpc) is 2.71. The van der Waals surface area contributed by atoms with Crippen LogP contribution in [0.25, 0.3) is 5.69 Å². The Balaban J connectivity index is 2.36. The van der Waals surface area contributed by atoms with Crippen molar-refractivity contribution in [1.29, 1.82) is 0 Å². The van der Waals surface area contributed by atoms with Crippen LogP contribution < -0.4 is 4.68 Å². The molecular formula is C7H6N5O2+. The third kappa shape index (κ3) is 1.42. The molecule has 0 amide bonds. The van der Waals surface area contributed by atoms with Crippen molar-refractivity contribution in [2.24, 2.45) is 0 Å². The Morgan fingerprint density at radius 1 is 1.36 bits per heavy atom. The van der Waals surface area contributed by atoms with Gasteiger partial charge in [0.15, 0.2) is 5.21 Å². The molecule has 0 aliphatic rings. The molecule has 0 aliphatic carbocycles.